The highest BCUT2D eigenvalue weighted by molar-refractivity contribution is 7.98. The molecule has 0 aliphatic carbocycles. The zero-order valence-electron chi connectivity index (χ0n) is 17.4. The van der Waals surface area contributed by atoms with Crippen molar-refractivity contribution in [3.63, 3.8) is 0 Å². The van der Waals surface area contributed by atoms with Gasteiger partial charge in [0, 0.05) is 42.6 Å². The van der Waals surface area contributed by atoms with E-state index in [4.69, 9.17) is 14.5 Å². The van der Waals surface area contributed by atoms with Gasteiger partial charge in [0.25, 0.3) is 0 Å². The van der Waals surface area contributed by atoms with Gasteiger partial charge in [0.1, 0.15) is 5.75 Å². The predicted molar refractivity (Wildman–Crippen MR) is 121 cm³/mol. The number of piperidine rings is 1. The first kappa shape index (κ1) is 20.2. The van der Waals surface area contributed by atoms with Crippen LogP contribution in [0.25, 0.3) is 22.2 Å². The first-order valence-corrected chi connectivity index (χ1v) is 11.3. The molecule has 1 fully saturated rings. The third kappa shape index (κ3) is 4.58. The maximum absolute atomic E-state index is 5.53. The number of aromatic nitrogens is 1. The van der Waals surface area contributed by atoms with Crippen LogP contribution in [0.3, 0.4) is 0 Å². The van der Waals surface area contributed by atoms with Crippen LogP contribution in [0.2, 0.25) is 0 Å². The van der Waals surface area contributed by atoms with Crippen molar-refractivity contribution in [2.24, 2.45) is 0 Å². The number of benzene rings is 2. The van der Waals surface area contributed by atoms with Gasteiger partial charge in [-0.05, 0) is 55.0 Å². The van der Waals surface area contributed by atoms with E-state index in [9.17, 15) is 0 Å². The van der Waals surface area contributed by atoms with E-state index in [-0.39, 0.29) is 0 Å². The maximum atomic E-state index is 5.53. The molecule has 3 aromatic rings. The standard InChI is InChI=1S/C24H28N2O2S/c1-27-20-9-11-26(12-10-20)16-19-13-17-7-8-22(29-3)15-23(17)25-24(19)18-5-4-6-21(14-18)28-2/h4-8,13-15,20H,9-12,16H2,1-3H3. The Morgan fingerprint density at radius 2 is 1.90 bits per heavy atom. The van der Waals surface area contributed by atoms with Crippen LogP contribution < -0.4 is 4.74 Å². The Morgan fingerprint density at radius 1 is 1.07 bits per heavy atom. The molecule has 152 valence electrons. The third-order valence-corrected chi connectivity index (χ3v) is 6.43. The van der Waals surface area contributed by atoms with Crippen molar-refractivity contribution in [1.82, 2.24) is 9.88 Å². The average molecular weight is 409 g/mol. The third-order valence-electron chi connectivity index (χ3n) is 5.71. The summed E-state index contributed by atoms with van der Waals surface area (Å²) in [5.41, 5.74) is 4.45. The first-order valence-electron chi connectivity index (χ1n) is 10.1. The van der Waals surface area contributed by atoms with E-state index in [2.05, 4.69) is 47.6 Å². The van der Waals surface area contributed by atoms with Gasteiger partial charge in [0.15, 0.2) is 0 Å². The summed E-state index contributed by atoms with van der Waals surface area (Å²) < 4.78 is 11.0. The van der Waals surface area contributed by atoms with Gasteiger partial charge in [0.05, 0.1) is 24.4 Å². The molecule has 0 atom stereocenters. The summed E-state index contributed by atoms with van der Waals surface area (Å²) in [5, 5.41) is 1.19. The van der Waals surface area contributed by atoms with Gasteiger partial charge in [-0.2, -0.15) is 0 Å². The monoisotopic (exact) mass is 408 g/mol. The van der Waals surface area contributed by atoms with Gasteiger partial charge < -0.3 is 9.47 Å². The van der Waals surface area contributed by atoms with Gasteiger partial charge in [-0.15, -0.1) is 11.8 Å². The van der Waals surface area contributed by atoms with Crippen molar-refractivity contribution in [1.29, 1.82) is 0 Å². The molecule has 1 aliphatic heterocycles. The molecule has 2 aromatic carbocycles. The minimum atomic E-state index is 0.392. The van der Waals surface area contributed by atoms with Crippen LogP contribution in [0.5, 0.6) is 5.75 Å². The highest BCUT2D eigenvalue weighted by Gasteiger charge is 2.20. The van der Waals surface area contributed by atoms with E-state index < -0.39 is 0 Å². The van der Waals surface area contributed by atoms with Gasteiger partial charge in [-0.3, -0.25) is 4.90 Å². The zero-order chi connectivity index (χ0) is 20.2. The van der Waals surface area contributed by atoms with E-state index in [1.165, 1.54) is 15.8 Å². The molecule has 4 rings (SSSR count). The van der Waals surface area contributed by atoms with Crippen LogP contribution in [-0.4, -0.2) is 49.6 Å². The molecule has 4 nitrogen and oxygen atoms in total. The summed E-state index contributed by atoms with van der Waals surface area (Å²) in [7, 11) is 3.52. The van der Waals surface area contributed by atoms with Crippen molar-refractivity contribution < 1.29 is 9.47 Å². The number of nitrogens with zero attached hydrogens (tertiary/aromatic N) is 2. The molecule has 0 saturated carbocycles. The molecule has 1 saturated heterocycles. The Bertz CT molecular complexity index is 984. The topological polar surface area (TPSA) is 34.6 Å². The number of ether oxygens (including phenoxy) is 2. The van der Waals surface area contributed by atoms with E-state index in [1.807, 2.05) is 19.2 Å². The van der Waals surface area contributed by atoms with E-state index >= 15 is 0 Å². The lowest BCUT2D eigenvalue weighted by molar-refractivity contribution is 0.0389. The lowest BCUT2D eigenvalue weighted by Gasteiger charge is -2.31. The van der Waals surface area contributed by atoms with Crippen molar-refractivity contribution in [2.75, 3.05) is 33.6 Å². The molecule has 1 aromatic heterocycles. The lowest BCUT2D eigenvalue weighted by Crippen LogP contribution is -2.36. The predicted octanol–water partition coefficient (Wildman–Crippen LogP) is 5.24. The highest BCUT2D eigenvalue weighted by atomic mass is 32.2. The molecular formula is C24H28N2O2S. The molecular weight excluding hydrogens is 380 g/mol. The van der Waals surface area contributed by atoms with E-state index in [1.54, 1.807) is 18.9 Å². The normalized spacial score (nSPS) is 15.7. The molecule has 5 heteroatoms. The summed E-state index contributed by atoms with van der Waals surface area (Å²) >= 11 is 1.75. The molecule has 0 N–H and O–H groups in total. The van der Waals surface area contributed by atoms with Gasteiger partial charge in [0.2, 0.25) is 0 Å². The smallest absolute Gasteiger partial charge is 0.119 e. The van der Waals surface area contributed by atoms with Crippen molar-refractivity contribution in [3.8, 4) is 17.0 Å². The van der Waals surface area contributed by atoms with Crippen molar-refractivity contribution >= 4 is 22.7 Å². The largest absolute Gasteiger partial charge is 0.497 e. The molecule has 2 heterocycles. The number of fused-ring (bicyclic) bond motifs is 1. The average Bonchev–Trinajstić information content (AvgIpc) is 2.78. The fraction of sp³-hybridized carbons (Fsp3) is 0.375. The number of methoxy groups -OCH3 is 2. The Kier molecular flexibility index (Phi) is 6.38. The number of pyridine rings is 1. The summed E-state index contributed by atoms with van der Waals surface area (Å²) in [6.07, 6.45) is 4.66. The highest BCUT2D eigenvalue weighted by Crippen LogP contribution is 2.31. The second-order valence-corrected chi connectivity index (χ2v) is 8.38. The Labute approximate surface area is 177 Å². The molecule has 0 bridgehead atoms. The number of rotatable bonds is 6. The van der Waals surface area contributed by atoms with Gasteiger partial charge >= 0.3 is 0 Å². The van der Waals surface area contributed by atoms with Crippen LogP contribution in [0.15, 0.2) is 53.4 Å². The molecule has 0 amide bonds. The molecule has 29 heavy (non-hydrogen) atoms. The number of hydrogen-bond acceptors (Lipinski definition) is 5. The Hall–Kier alpha value is -2.08. The second-order valence-electron chi connectivity index (χ2n) is 7.50. The number of hydrogen-bond donors (Lipinski definition) is 0. The number of likely N-dealkylation sites (tertiary alicyclic amines) is 1. The molecule has 0 radical (unpaired) electrons. The fourth-order valence-corrected chi connectivity index (χ4v) is 4.44. The summed E-state index contributed by atoms with van der Waals surface area (Å²) in [4.78, 5) is 8.85. The van der Waals surface area contributed by atoms with Crippen LogP contribution in [0, 0.1) is 0 Å². The minimum absolute atomic E-state index is 0.392. The Morgan fingerprint density at radius 3 is 2.62 bits per heavy atom. The maximum Gasteiger partial charge on any atom is 0.119 e. The zero-order valence-corrected chi connectivity index (χ0v) is 18.2. The molecule has 1 aliphatic rings. The minimum Gasteiger partial charge on any atom is -0.497 e. The quantitative estimate of drug-likeness (QED) is 0.521. The van der Waals surface area contributed by atoms with Gasteiger partial charge in [-0.25, -0.2) is 4.98 Å². The van der Waals surface area contributed by atoms with Crippen molar-refractivity contribution in [2.45, 2.75) is 30.4 Å². The summed E-state index contributed by atoms with van der Waals surface area (Å²) in [6.45, 7) is 3.01. The lowest BCUT2D eigenvalue weighted by atomic mass is 10.0. The SMILES string of the molecule is COc1cccc(-c2nc3cc(SC)ccc3cc2CN2CCC(OC)CC2)c1. The van der Waals surface area contributed by atoms with E-state index in [0.717, 1.165) is 55.0 Å². The van der Waals surface area contributed by atoms with E-state index in [0.29, 0.717) is 6.10 Å². The molecule has 0 spiro atoms. The van der Waals surface area contributed by atoms with Gasteiger partial charge in [-0.1, -0.05) is 18.2 Å². The fourth-order valence-electron chi connectivity index (χ4n) is 4.00. The number of thioether (sulfide) groups is 1. The van der Waals surface area contributed by atoms with Crippen molar-refractivity contribution in [3.05, 3.63) is 54.1 Å². The summed E-state index contributed by atoms with van der Waals surface area (Å²) in [6, 6.07) is 17.1. The molecule has 0 unspecified atom stereocenters. The summed E-state index contributed by atoms with van der Waals surface area (Å²) in [5.74, 6) is 0.856. The van der Waals surface area contributed by atoms with Crippen LogP contribution in [0.4, 0.5) is 0 Å². The van der Waals surface area contributed by atoms with Crippen LogP contribution in [0.1, 0.15) is 18.4 Å². The first-order chi connectivity index (χ1) is 14.2. The van der Waals surface area contributed by atoms with Crippen LogP contribution in [-0.2, 0) is 11.3 Å². The Balaban J connectivity index is 1.74. The van der Waals surface area contributed by atoms with Crippen LogP contribution >= 0.6 is 11.8 Å². The second kappa shape index (κ2) is 9.16.